The second kappa shape index (κ2) is 6.71. The van der Waals surface area contributed by atoms with Gasteiger partial charge in [-0.05, 0) is 55.8 Å². The normalized spacial score (nSPS) is 19.5. The molecule has 0 spiro atoms. The van der Waals surface area contributed by atoms with Crippen LogP contribution in [0.25, 0.3) is 10.9 Å². The van der Waals surface area contributed by atoms with Crippen molar-refractivity contribution in [3.63, 3.8) is 0 Å². The molecule has 0 saturated carbocycles. The highest BCUT2D eigenvalue weighted by molar-refractivity contribution is 5.82. The van der Waals surface area contributed by atoms with Crippen molar-refractivity contribution in [1.29, 1.82) is 0 Å². The summed E-state index contributed by atoms with van der Waals surface area (Å²) in [6.07, 6.45) is 2.49. The summed E-state index contributed by atoms with van der Waals surface area (Å²) in [4.78, 5) is 11.6. The molecular formula is C18H25N3O2. The number of hydrogen-bond acceptors (Lipinski definition) is 3. The van der Waals surface area contributed by atoms with Crippen LogP contribution in [0.3, 0.4) is 0 Å². The lowest BCUT2D eigenvalue weighted by Crippen LogP contribution is -2.27. The minimum Gasteiger partial charge on any atom is -0.481 e. The number of aromatic amines is 1. The van der Waals surface area contributed by atoms with Crippen molar-refractivity contribution in [2.24, 2.45) is 17.8 Å². The van der Waals surface area contributed by atoms with Gasteiger partial charge in [-0.25, -0.2) is 0 Å². The summed E-state index contributed by atoms with van der Waals surface area (Å²) in [5.74, 6) is -0.221. The van der Waals surface area contributed by atoms with E-state index in [1.807, 2.05) is 6.07 Å². The van der Waals surface area contributed by atoms with Crippen LogP contribution in [0.1, 0.15) is 31.5 Å². The number of carboxylic acids is 1. The Hall–Kier alpha value is -1.88. The van der Waals surface area contributed by atoms with Crippen LogP contribution in [-0.2, 0) is 17.6 Å². The topological polar surface area (TPSA) is 78.0 Å². The molecule has 2 atom stereocenters. The van der Waals surface area contributed by atoms with Crippen molar-refractivity contribution >= 4 is 16.9 Å². The van der Waals surface area contributed by atoms with E-state index in [-0.39, 0.29) is 11.8 Å². The minimum atomic E-state index is -0.693. The molecule has 0 aliphatic carbocycles. The van der Waals surface area contributed by atoms with Gasteiger partial charge in [0.05, 0.1) is 11.4 Å². The Morgan fingerprint density at radius 2 is 2.22 bits per heavy atom. The van der Waals surface area contributed by atoms with Crippen LogP contribution in [-0.4, -0.2) is 34.4 Å². The summed E-state index contributed by atoms with van der Waals surface area (Å²) in [6.45, 7) is 6.10. The lowest BCUT2D eigenvalue weighted by Gasteiger charge is -2.18. The largest absolute Gasteiger partial charge is 0.481 e. The molecule has 1 saturated heterocycles. The van der Waals surface area contributed by atoms with Crippen LogP contribution < -0.4 is 5.32 Å². The number of nitrogens with zero attached hydrogens (tertiary/aromatic N) is 1. The third kappa shape index (κ3) is 3.55. The van der Waals surface area contributed by atoms with Crippen molar-refractivity contribution in [3.8, 4) is 0 Å². The molecule has 2 unspecified atom stereocenters. The van der Waals surface area contributed by atoms with Gasteiger partial charge in [0, 0.05) is 11.1 Å². The molecule has 23 heavy (non-hydrogen) atoms. The Morgan fingerprint density at radius 3 is 2.87 bits per heavy atom. The molecule has 0 amide bonds. The Morgan fingerprint density at radius 1 is 1.39 bits per heavy atom. The van der Waals surface area contributed by atoms with E-state index in [0.29, 0.717) is 12.3 Å². The zero-order valence-corrected chi connectivity index (χ0v) is 13.8. The maximum Gasteiger partial charge on any atom is 0.307 e. The number of nitrogens with one attached hydrogen (secondary N) is 2. The molecule has 1 aromatic carbocycles. The van der Waals surface area contributed by atoms with E-state index in [2.05, 4.69) is 41.5 Å². The Labute approximate surface area is 136 Å². The van der Waals surface area contributed by atoms with Crippen LogP contribution in [0.4, 0.5) is 0 Å². The highest BCUT2D eigenvalue weighted by Crippen LogP contribution is 2.26. The first kappa shape index (κ1) is 16.0. The second-order valence-corrected chi connectivity index (χ2v) is 7.05. The number of H-pyrrole nitrogens is 1. The molecule has 124 valence electrons. The summed E-state index contributed by atoms with van der Waals surface area (Å²) >= 11 is 0. The van der Waals surface area contributed by atoms with Crippen molar-refractivity contribution in [2.45, 2.75) is 33.1 Å². The molecule has 5 heteroatoms. The fraction of sp³-hybridized carbons (Fsp3) is 0.556. The number of aliphatic carboxylic acids is 1. The lowest BCUT2D eigenvalue weighted by molar-refractivity contribution is -0.143. The van der Waals surface area contributed by atoms with Crippen molar-refractivity contribution in [2.75, 3.05) is 13.1 Å². The van der Waals surface area contributed by atoms with Gasteiger partial charge in [-0.1, -0.05) is 26.0 Å². The summed E-state index contributed by atoms with van der Waals surface area (Å²) < 4.78 is 0. The number of carboxylic acid groups (broad SMARTS) is 1. The first-order valence-corrected chi connectivity index (χ1v) is 8.44. The Kier molecular flexibility index (Phi) is 4.66. The fourth-order valence-electron chi connectivity index (χ4n) is 3.53. The van der Waals surface area contributed by atoms with E-state index in [9.17, 15) is 9.90 Å². The van der Waals surface area contributed by atoms with Gasteiger partial charge in [0.1, 0.15) is 0 Å². The molecule has 2 aromatic rings. The third-order valence-electron chi connectivity index (χ3n) is 4.75. The fourth-order valence-corrected chi connectivity index (χ4v) is 3.53. The maximum absolute atomic E-state index is 11.6. The van der Waals surface area contributed by atoms with Gasteiger partial charge in [-0.2, -0.15) is 5.10 Å². The van der Waals surface area contributed by atoms with E-state index < -0.39 is 5.97 Å². The number of benzene rings is 1. The van der Waals surface area contributed by atoms with Crippen molar-refractivity contribution in [3.05, 3.63) is 29.5 Å². The average Bonchev–Trinajstić information content (AvgIpc) is 3.14. The van der Waals surface area contributed by atoms with E-state index in [1.54, 1.807) is 0 Å². The molecule has 3 N–H and O–H groups in total. The zero-order valence-electron chi connectivity index (χ0n) is 13.8. The quantitative estimate of drug-likeness (QED) is 0.766. The molecule has 5 nitrogen and oxygen atoms in total. The standard InChI is InChI=1S/C18H25N3O2/c1-11(2)7-16-14-4-3-12(9-17(14)21-20-16)8-15(18(22)23)13-5-6-19-10-13/h3-4,9,11,13,15,19H,5-8,10H2,1-2H3,(H,20,21)(H,22,23). The van der Waals surface area contributed by atoms with Gasteiger partial charge in [0.15, 0.2) is 0 Å². The maximum atomic E-state index is 11.6. The molecule has 1 fully saturated rings. The number of fused-ring (bicyclic) bond motifs is 1. The smallest absolute Gasteiger partial charge is 0.307 e. The van der Waals surface area contributed by atoms with Crippen LogP contribution >= 0.6 is 0 Å². The molecule has 2 heterocycles. The second-order valence-electron chi connectivity index (χ2n) is 7.05. The first-order valence-electron chi connectivity index (χ1n) is 8.44. The van der Waals surface area contributed by atoms with E-state index in [0.717, 1.165) is 48.1 Å². The molecule has 3 rings (SSSR count). The lowest BCUT2D eigenvalue weighted by atomic mass is 9.86. The molecular weight excluding hydrogens is 290 g/mol. The summed E-state index contributed by atoms with van der Waals surface area (Å²) in [5, 5.41) is 21.5. The average molecular weight is 315 g/mol. The number of aromatic nitrogens is 2. The number of hydrogen-bond donors (Lipinski definition) is 3. The zero-order chi connectivity index (χ0) is 16.4. The van der Waals surface area contributed by atoms with Crippen molar-refractivity contribution < 1.29 is 9.90 Å². The molecule has 0 radical (unpaired) electrons. The van der Waals surface area contributed by atoms with Gasteiger partial charge >= 0.3 is 5.97 Å². The molecule has 1 aliphatic rings. The minimum absolute atomic E-state index is 0.221. The van der Waals surface area contributed by atoms with Crippen molar-refractivity contribution in [1.82, 2.24) is 15.5 Å². The van der Waals surface area contributed by atoms with Crippen LogP contribution in [0.5, 0.6) is 0 Å². The van der Waals surface area contributed by atoms with Crippen LogP contribution in [0.15, 0.2) is 18.2 Å². The number of carbonyl (C=O) groups is 1. The SMILES string of the molecule is CC(C)Cc1[nH]nc2cc(CC(C(=O)O)C3CCNC3)ccc12. The van der Waals surface area contributed by atoms with E-state index in [4.69, 9.17) is 0 Å². The molecule has 1 aliphatic heterocycles. The monoisotopic (exact) mass is 315 g/mol. The highest BCUT2D eigenvalue weighted by Gasteiger charge is 2.30. The highest BCUT2D eigenvalue weighted by atomic mass is 16.4. The predicted octanol–water partition coefficient (Wildman–Crippen LogP) is 2.61. The van der Waals surface area contributed by atoms with Gasteiger partial charge in [-0.15, -0.1) is 0 Å². The summed E-state index contributed by atoms with van der Waals surface area (Å²) in [7, 11) is 0. The van der Waals surface area contributed by atoms with Gasteiger partial charge in [0.25, 0.3) is 0 Å². The van der Waals surface area contributed by atoms with Crippen LogP contribution in [0.2, 0.25) is 0 Å². The summed E-state index contributed by atoms with van der Waals surface area (Å²) in [5.41, 5.74) is 3.16. The third-order valence-corrected chi connectivity index (χ3v) is 4.75. The van der Waals surface area contributed by atoms with E-state index in [1.165, 1.54) is 0 Å². The van der Waals surface area contributed by atoms with Gasteiger partial charge in [-0.3, -0.25) is 9.89 Å². The molecule has 1 aromatic heterocycles. The Balaban J connectivity index is 1.81. The molecule has 0 bridgehead atoms. The van der Waals surface area contributed by atoms with Gasteiger partial charge in [0.2, 0.25) is 0 Å². The predicted molar refractivity (Wildman–Crippen MR) is 90.4 cm³/mol. The van der Waals surface area contributed by atoms with E-state index >= 15 is 0 Å². The summed E-state index contributed by atoms with van der Waals surface area (Å²) in [6, 6.07) is 6.17. The number of rotatable bonds is 6. The van der Waals surface area contributed by atoms with Crippen LogP contribution in [0, 0.1) is 17.8 Å². The first-order chi connectivity index (χ1) is 11.0. The Bertz CT molecular complexity index is 687. The van der Waals surface area contributed by atoms with Gasteiger partial charge < -0.3 is 10.4 Å².